The fourth-order valence-electron chi connectivity index (χ4n) is 1.24. The van der Waals surface area contributed by atoms with Crippen LogP contribution in [0.15, 0.2) is 0 Å². The van der Waals surface area contributed by atoms with Crippen molar-refractivity contribution in [3.63, 3.8) is 0 Å². The smallest absolute Gasteiger partial charge is 0.0701 e. The minimum absolute atomic E-state index is 0.182. The molecule has 15 heavy (non-hydrogen) atoms. The molecule has 0 saturated heterocycles. The van der Waals surface area contributed by atoms with E-state index in [0.29, 0.717) is 26.4 Å². The molecule has 0 saturated carbocycles. The SMILES string of the molecule is CNCC(C)(C)COCCOCCOC. The van der Waals surface area contributed by atoms with E-state index >= 15 is 0 Å². The van der Waals surface area contributed by atoms with Crippen LogP contribution in [0.2, 0.25) is 0 Å². The minimum Gasteiger partial charge on any atom is -0.382 e. The number of nitrogens with one attached hydrogen (secondary N) is 1. The minimum atomic E-state index is 0.182. The lowest BCUT2D eigenvalue weighted by molar-refractivity contribution is 0.00285. The van der Waals surface area contributed by atoms with Crippen LogP contribution in [-0.4, -0.2) is 53.7 Å². The van der Waals surface area contributed by atoms with E-state index in [2.05, 4.69) is 19.2 Å². The Hall–Kier alpha value is -0.160. The standard InChI is InChI=1S/C11H25NO3/c1-11(2,9-12-3)10-15-8-7-14-6-5-13-4/h12H,5-10H2,1-4H3. The van der Waals surface area contributed by atoms with Crippen molar-refractivity contribution in [1.29, 1.82) is 0 Å². The molecule has 0 amide bonds. The highest BCUT2D eigenvalue weighted by Crippen LogP contribution is 2.13. The molecule has 0 aliphatic rings. The van der Waals surface area contributed by atoms with E-state index in [-0.39, 0.29) is 5.41 Å². The molecule has 0 heterocycles. The molecule has 92 valence electrons. The zero-order chi connectivity index (χ0) is 11.6. The number of hydrogen-bond acceptors (Lipinski definition) is 4. The highest BCUT2D eigenvalue weighted by molar-refractivity contribution is 4.69. The fraction of sp³-hybridized carbons (Fsp3) is 1.00. The first kappa shape index (κ1) is 14.8. The molecule has 0 aliphatic heterocycles. The van der Waals surface area contributed by atoms with E-state index in [1.54, 1.807) is 7.11 Å². The van der Waals surface area contributed by atoms with Gasteiger partial charge in [-0.1, -0.05) is 13.8 Å². The number of methoxy groups -OCH3 is 1. The molecule has 0 spiro atoms. The van der Waals surface area contributed by atoms with Crippen LogP contribution in [0.4, 0.5) is 0 Å². The van der Waals surface area contributed by atoms with E-state index < -0.39 is 0 Å². The van der Waals surface area contributed by atoms with Gasteiger partial charge in [-0.25, -0.2) is 0 Å². The fourth-order valence-corrected chi connectivity index (χ4v) is 1.24. The summed E-state index contributed by atoms with van der Waals surface area (Å²) in [6, 6.07) is 0. The quantitative estimate of drug-likeness (QED) is 0.554. The lowest BCUT2D eigenvalue weighted by Gasteiger charge is -2.23. The van der Waals surface area contributed by atoms with Crippen molar-refractivity contribution in [3.05, 3.63) is 0 Å². The van der Waals surface area contributed by atoms with Gasteiger partial charge in [0.1, 0.15) is 0 Å². The van der Waals surface area contributed by atoms with E-state index in [1.165, 1.54) is 0 Å². The Morgan fingerprint density at radius 1 is 1.00 bits per heavy atom. The molecule has 0 radical (unpaired) electrons. The Kier molecular flexibility index (Phi) is 9.00. The van der Waals surface area contributed by atoms with Gasteiger partial charge in [-0.15, -0.1) is 0 Å². The Labute approximate surface area is 93.3 Å². The highest BCUT2D eigenvalue weighted by atomic mass is 16.5. The second kappa shape index (κ2) is 9.09. The summed E-state index contributed by atoms with van der Waals surface area (Å²) in [5, 5.41) is 3.15. The van der Waals surface area contributed by atoms with Crippen LogP contribution in [0.3, 0.4) is 0 Å². The van der Waals surface area contributed by atoms with Crippen molar-refractivity contribution in [3.8, 4) is 0 Å². The van der Waals surface area contributed by atoms with Crippen molar-refractivity contribution < 1.29 is 14.2 Å². The van der Waals surface area contributed by atoms with Gasteiger partial charge in [-0.2, -0.15) is 0 Å². The molecule has 0 aliphatic carbocycles. The summed E-state index contributed by atoms with van der Waals surface area (Å²) in [5.74, 6) is 0. The van der Waals surface area contributed by atoms with Gasteiger partial charge in [0, 0.05) is 19.1 Å². The maximum atomic E-state index is 5.53. The Bertz CT molecular complexity index is 140. The average molecular weight is 219 g/mol. The van der Waals surface area contributed by atoms with E-state index in [1.807, 2.05) is 7.05 Å². The molecule has 0 rings (SSSR count). The third kappa shape index (κ3) is 10.1. The van der Waals surface area contributed by atoms with Crippen LogP contribution in [0.25, 0.3) is 0 Å². The van der Waals surface area contributed by atoms with Crippen molar-refractivity contribution in [2.24, 2.45) is 5.41 Å². The van der Waals surface area contributed by atoms with Gasteiger partial charge in [0.25, 0.3) is 0 Å². The lowest BCUT2D eigenvalue weighted by Crippen LogP contribution is -2.31. The van der Waals surface area contributed by atoms with E-state index in [0.717, 1.165) is 13.2 Å². The predicted octanol–water partition coefficient (Wildman–Crippen LogP) is 0.912. The van der Waals surface area contributed by atoms with E-state index in [9.17, 15) is 0 Å². The molecule has 0 atom stereocenters. The molecular weight excluding hydrogens is 194 g/mol. The van der Waals surface area contributed by atoms with Gasteiger partial charge in [0.05, 0.1) is 33.0 Å². The zero-order valence-electron chi connectivity index (χ0n) is 10.5. The molecule has 0 bridgehead atoms. The number of rotatable bonds is 10. The summed E-state index contributed by atoms with van der Waals surface area (Å²) >= 11 is 0. The molecule has 0 unspecified atom stereocenters. The molecule has 4 nitrogen and oxygen atoms in total. The predicted molar refractivity (Wildman–Crippen MR) is 61.2 cm³/mol. The molecule has 0 aromatic carbocycles. The first-order valence-electron chi connectivity index (χ1n) is 5.41. The summed E-state index contributed by atoms with van der Waals surface area (Å²) < 4.78 is 15.7. The summed E-state index contributed by atoms with van der Waals surface area (Å²) in [5.41, 5.74) is 0.182. The number of ether oxygens (including phenoxy) is 3. The largest absolute Gasteiger partial charge is 0.382 e. The van der Waals surface area contributed by atoms with Gasteiger partial charge < -0.3 is 19.5 Å². The zero-order valence-corrected chi connectivity index (χ0v) is 10.5. The average Bonchev–Trinajstić information content (AvgIpc) is 2.16. The van der Waals surface area contributed by atoms with Crippen LogP contribution in [0.5, 0.6) is 0 Å². The van der Waals surface area contributed by atoms with Gasteiger partial charge >= 0.3 is 0 Å². The van der Waals surface area contributed by atoms with Crippen molar-refractivity contribution in [1.82, 2.24) is 5.32 Å². The number of hydrogen-bond donors (Lipinski definition) is 1. The first-order valence-corrected chi connectivity index (χ1v) is 5.41. The molecule has 4 heteroatoms. The van der Waals surface area contributed by atoms with Gasteiger partial charge in [-0.3, -0.25) is 0 Å². The van der Waals surface area contributed by atoms with Crippen molar-refractivity contribution in [2.75, 3.05) is 53.7 Å². The van der Waals surface area contributed by atoms with Crippen molar-refractivity contribution >= 4 is 0 Å². The molecule has 0 aromatic heterocycles. The topological polar surface area (TPSA) is 39.7 Å². The van der Waals surface area contributed by atoms with Crippen LogP contribution >= 0.6 is 0 Å². The van der Waals surface area contributed by atoms with Gasteiger partial charge in [-0.05, 0) is 7.05 Å². The Morgan fingerprint density at radius 2 is 1.60 bits per heavy atom. The normalized spacial score (nSPS) is 12.0. The summed E-state index contributed by atoms with van der Waals surface area (Å²) in [6.07, 6.45) is 0. The summed E-state index contributed by atoms with van der Waals surface area (Å²) in [4.78, 5) is 0. The first-order chi connectivity index (χ1) is 7.12. The second-order valence-corrected chi connectivity index (χ2v) is 4.35. The summed E-state index contributed by atoms with van der Waals surface area (Å²) in [7, 11) is 3.62. The highest BCUT2D eigenvalue weighted by Gasteiger charge is 2.16. The maximum Gasteiger partial charge on any atom is 0.0701 e. The van der Waals surface area contributed by atoms with Crippen molar-refractivity contribution in [2.45, 2.75) is 13.8 Å². The third-order valence-electron chi connectivity index (χ3n) is 1.95. The third-order valence-corrected chi connectivity index (χ3v) is 1.95. The second-order valence-electron chi connectivity index (χ2n) is 4.35. The van der Waals surface area contributed by atoms with Crippen LogP contribution in [0.1, 0.15) is 13.8 Å². The molecule has 0 fully saturated rings. The Balaban J connectivity index is 3.22. The molecule has 1 N–H and O–H groups in total. The maximum absolute atomic E-state index is 5.53. The monoisotopic (exact) mass is 219 g/mol. The van der Waals surface area contributed by atoms with Gasteiger partial charge in [0.2, 0.25) is 0 Å². The van der Waals surface area contributed by atoms with E-state index in [4.69, 9.17) is 14.2 Å². The lowest BCUT2D eigenvalue weighted by atomic mass is 9.95. The summed E-state index contributed by atoms with van der Waals surface area (Å²) in [6.45, 7) is 8.63. The molecule has 0 aromatic rings. The molecular formula is C11H25NO3. The Morgan fingerprint density at radius 3 is 2.20 bits per heavy atom. The van der Waals surface area contributed by atoms with Crippen LogP contribution in [-0.2, 0) is 14.2 Å². The van der Waals surface area contributed by atoms with Gasteiger partial charge in [0.15, 0.2) is 0 Å². The van der Waals surface area contributed by atoms with Crippen LogP contribution in [0, 0.1) is 5.41 Å². The van der Waals surface area contributed by atoms with Crippen LogP contribution < -0.4 is 5.32 Å².